The summed E-state index contributed by atoms with van der Waals surface area (Å²) in [6.45, 7) is 3.81. The number of phenols is 1. The molecule has 2 saturated heterocycles. The molecule has 5 amide bonds. The van der Waals surface area contributed by atoms with E-state index in [0.29, 0.717) is 68.4 Å². The van der Waals surface area contributed by atoms with Crippen LogP contribution in [-0.4, -0.2) is 107 Å². The number of hydrogen-bond acceptors (Lipinski definition) is 8. The molecule has 50 heavy (non-hydrogen) atoms. The van der Waals surface area contributed by atoms with Gasteiger partial charge in [-0.15, -0.1) is 0 Å². The van der Waals surface area contributed by atoms with E-state index in [1.165, 1.54) is 15.9 Å². The average Bonchev–Trinajstić information content (AvgIpc) is 3.29. The van der Waals surface area contributed by atoms with Gasteiger partial charge in [-0.1, -0.05) is 30.0 Å². The highest BCUT2D eigenvalue weighted by Gasteiger charge is 2.34. The van der Waals surface area contributed by atoms with Gasteiger partial charge in [0.05, 0.1) is 11.1 Å². The fourth-order valence-electron chi connectivity index (χ4n) is 6.27. The van der Waals surface area contributed by atoms with Gasteiger partial charge in [-0.25, -0.2) is 14.4 Å². The smallest absolute Gasteiger partial charge is 0.410 e. The van der Waals surface area contributed by atoms with Crippen molar-refractivity contribution in [3.63, 3.8) is 0 Å². The van der Waals surface area contributed by atoms with Gasteiger partial charge < -0.3 is 34.6 Å². The number of fused-ring (bicyclic) bond motifs is 1. The zero-order valence-corrected chi connectivity index (χ0v) is 29.4. The van der Waals surface area contributed by atoms with Gasteiger partial charge in [0.25, 0.3) is 5.91 Å². The number of hydrogen-bond donors (Lipinski definition) is 2. The summed E-state index contributed by atoms with van der Waals surface area (Å²) >= 11 is 3.28. The largest absolute Gasteiger partial charge is 0.507 e. The van der Waals surface area contributed by atoms with Crippen LogP contribution in [0.25, 0.3) is 0 Å². The van der Waals surface area contributed by atoms with Crippen LogP contribution in [0.4, 0.5) is 15.3 Å². The summed E-state index contributed by atoms with van der Waals surface area (Å²) in [5.41, 5.74) is 5.32. The van der Waals surface area contributed by atoms with Crippen molar-refractivity contribution in [2.24, 2.45) is 10.9 Å². The predicted molar refractivity (Wildman–Crippen MR) is 187 cm³/mol. The molecule has 0 aromatic heterocycles. The highest BCUT2D eigenvalue weighted by Crippen LogP contribution is 2.27. The number of nitrogens with one attached hydrogen (secondary N) is 1. The molecule has 264 valence electrons. The van der Waals surface area contributed by atoms with Crippen LogP contribution in [0, 0.1) is 5.92 Å². The molecule has 3 heterocycles. The second-order valence-electron chi connectivity index (χ2n) is 12.3. The first kappa shape index (κ1) is 36.4. The molecule has 14 heteroatoms. The number of carbonyl (C=O) groups is 5. The first-order valence-corrected chi connectivity index (χ1v) is 17.5. The lowest BCUT2D eigenvalue weighted by atomic mass is 9.97. The van der Waals surface area contributed by atoms with E-state index >= 15 is 0 Å². The Bertz CT molecular complexity index is 1700. The van der Waals surface area contributed by atoms with Crippen molar-refractivity contribution in [2.45, 2.75) is 57.6 Å². The van der Waals surface area contributed by atoms with Gasteiger partial charge in [0, 0.05) is 56.7 Å². The molecule has 0 aliphatic carbocycles. The number of nitrogens with zero attached hydrogens (tertiary/aromatic N) is 4. The molecule has 3 aliphatic heterocycles. The number of piperidine rings is 2. The first-order valence-electron chi connectivity index (χ1n) is 16.8. The predicted octanol–water partition coefficient (Wildman–Crippen LogP) is 4.47. The number of urea groups is 1. The van der Waals surface area contributed by atoms with Gasteiger partial charge in [-0.3, -0.25) is 9.59 Å². The number of anilines is 1. The van der Waals surface area contributed by atoms with E-state index in [9.17, 15) is 29.1 Å². The molecule has 2 N–H and O–H groups in total. The molecule has 0 unspecified atom stereocenters. The molecular weight excluding hydrogens is 710 g/mol. The summed E-state index contributed by atoms with van der Waals surface area (Å²) in [5, 5.41) is 12.9. The van der Waals surface area contributed by atoms with Crippen molar-refractivity contribution in [3.8, 4) is 5.75 Å². The fourth-order valence-corrected chi connectivity index (χ4v) is 6.70. The summed E-state index contributed by atoms with van der Waals surface area (Å²) in [5.74, 6) is 0.344. The summed E-state index contributed by atoms with van der Waals surface area (Å²) in [7, 11) is 0. The lowest BCUT2D eigenvalue weighted by Crippen LogP contribution is -2.50. The summed E-state index contributed by atoms with van der Waals surface area (Å²) in [6.07, 6.45) is 2.84. The van der Waals surface area contributed by atoms with Gasteiger partial charge in [-0.2, -0.15) is 4.99 Å². The summed E-state index contributed by atoms with van der Waals surface area (Å²) in [6, 6.07) is 12.3. The van der Waals surface area contributed by atoms with E-state index in [2.05, 4.69) is 37.8 Å². The minimum atomic E-state index is -1.27. The van der Waals surface area contributed by atoms with Gasteiger partial charge >= 0.3 is 24.0 Å². The van der Waals surface area contributed by atoms with Crippen molar-refractivity contribution < 1.29 is 38.6 Å². The second kappa shape index (κ2) is 17.2. The number of ether oxygens (including phenoxy) is 2. The Labute approximate surface area is 298 Å². The van der Waals surface area contributed by atoms with Crippen molar-refractivity contribution in [3.05, 3.63) is 69.9 Å². The molecule has 0 spiro atoms. The summed E-state index contributed by atoms with van der Waals surface area (Å²) in [4.78, 5) is 72.2. The van der Waals surface area contributed by atoms with Crippen molar-refractivity contribution >= 4 is 57.4 Å². The Morgan fingerprint density at radius 3 is 2.48 bits per heavy atom. The number of halogens is 1. The number of allylic oxidation sites excluding steroid dienone is 1. The Kier molecular flexibility index (Phi) is 12.5. The molecule has 2 fully saturated rings. The minimum absolute atomic E-state index is 0.0102. The monoisotopic (exact) mass is 749 g/mol. The van der Waals surface area contributed by atoms with E-state index in [1.807, 2.05) is 29.2 Å². The van der Waals surface area contributed by atoms with E-state index < -0.39 is 30.0 Å². The number of para-hydroxylation sites is 1. The molecule has 0 bridgehead atoms. The molecule has 5 rings (SSSR count). The zero-order valence-electron chi connectivity index (χ0n) is 27.8. The first-order chi connectivity index (χ1) is 24.1. The van der Waals surface area contributed by atoms with Crippen LogP contribution in [0.5, 0.6) is 5.75 Å². The van der Waals surface area contributed by atoms with Gasteiger partial charge in [0.15, 0.2) is 6.10 Å². The molecule has 3 aliphatic rings. The maximum Gasteiger partial charge on any atom is 0.410 e. The number of benzene rings is 2. The lowest BCUT2D eigenvalue weighted by molar-refractivity contribution is -0.160. The lowest BCUT2D eigenvalue weighted by Gasteiger charge is -2.37. The quantitative estimate of drug-likeness (QED) is 0.182. The van der Waals surface area contributed by atoms with Crippen LogP contribution in [0.15, 0.2) is 63.7 Å². The molecule has 13 nitrogen and oxygen atoms in total. The normalized spacial score (nSPS) is 17.2. The number of phenolic OH excluding ortho intramolecular Hbond substituents is 1. The number of esters is 1. The highest BCUT2D eigenvalue weighted by atomic mass is 79.9. The van der Waals surface area contributed by atoms with Crippen LogP contribution in [0.2, 0.25) is 0 Å². The SMILES string of the molecule is CCOC(=O)C(=O)N1CCC(C=C=C=NC(=O)[C@@H](Cc2ccc(O)c(Br)c2)OC(=O)N2CCC(N3CCc4ccccc4NC3=O)CC2)CC1. The minimum Gasteiger partial charge on any atom is -0.507 e. The Morgan fingerprint density at radius 1 is 1.04 bits per heavy atom. The number of aromatic hydroxyl groups is 1. The maximum atomic E-state index is 13.3. The molecule has 1 atom stereocenters. The number of likely N-dealkylation sites (tertiary alicyclic amines) is 2. The third-order valence-electron chi connectivity index (χ3n) is 9.08. The van der Waals surface area contributed by atoms with Crippen molar-refractivity contribution in [1.82, 2.24) is 14.7 Å². The van der Waals surface area contributed by atoms with Gasteiger partial charge in [-0.05, 0) is 96.3 Å². The number of rotatable bonds is 7. The standard InChI is InChI=1S/C36H40BrN5O8/c1-2-49-34(46)33(45)40-17-11-24(12-18-40)6-5-16-38-32(44)31(23-25-9-10-30(43)28(37)22-25)50-36(48)41-19-14-27(15-20-41)42-21-13-26-7-3-4-8-29(26)39-35(42)47/h3-4,6-10,22,24,27,31,43H,2,11-15,17-21,23H2,1H3,(H,39,47)/t31-/m1/s1. The van der Waals surface area contributed by atoms with Crippen LogP contribution in [0.3, 0.4) is 0 Å². The molecule has 2 aromatic carbocycles. The van der Waals surface area contributed by atoms with Gasteiger partial charge in [0.1, 0.15) is 5.75 Å². The average molecular weight is 751 g/mol. The Hall–Kier alpha value is -4.90. The Balaban J connectivity index is 1.19. The zero-order chi connectivity index (χ0) is 35.6. The number of amides is 5. The van der Waals surface area contributed by atoms with E-state index in [4.69, 9.17) is 9.47 Å². The molecule has 0 radical (unpaired) electrons. The van der Waals surface area contributed by atoms with Crippen LogP contribution < -0.4 is 5.32 Å². The van der Waals surface area contributed by atoms with Crippen molar-refractivity contribution in [1.29, 1.82) is 0 Å². The maximum absolute atomic E-state index is 13.3. The van der Waals surface area contributed by atoms with Gasteiger partial charge in [0.2, 0.25) is 0 Å². The van der Waals surface area contributed by atoms with Crippen molar-refractivity contribution in [2.75, 3.05) is 44.6 Å². The number of carbonyl (C=O) groups excluding carboxylic acids is 5. The van der Waals surface area contributed by atoms with E-state index in [-0.39, 0.29) is 36.8 Å². The fraction of sp³-hybridized carbons (Fsp3) is 0.444. The third kappa shape index (κ3) is 9.41. The third-order valence-corrected chi connectivity index (χ3v) is 9.72. The van der Waals surface area contributed by atoms with Crippen LogP contribution in [0.1, 0.15) is 43.7 Å². The van der Waals surface area contributed by atoms with E-state index in [0.717, 1.165) is 17.7 Å². The van der Waals surface area contributed by atoms with Crippen LogP contribution >= 0.6 is 15.9 Å². The molecular formula is C36H40BrN5O8. The summed E-state index contributed by atoms with van der Waals surface area (Å²) < 4.78 is 10.9. The highest BCUT2D eigenvalue weighted by molar-refractivity contribution is 9.10. The van der Waals surface area contributed by atoms with Crippen LogP contribution in [-0.2, 0) is 36.7 Å². The van der Waals surface area contributed by atoms with E-state index in [1.54, 1.807) is 25.1 Å². The molecule has 2 aromatic rings. The Morgan fingerprint density at radius 2 is 1.76 bits per heavy atom. The molecule has 0 saturated carbocycles. The number of aliphatic imine (C=N–C) groups is 1. The topological polar surface area (TPSA) is 158 Å². The second-order valence-corrected chi connectivity index (χ2v) is 13.2.